The Morgan fingerprint density at radius 2 is 1.84 bits per heavy atom. The smallest absolute Gasteiger partial charge is 0.335 e. The van der Waals surface area contributed by atoms with Crippen molar-refractivity contribution in [2.75, 3.05) is 26.0 Å². The number of hydrogen-bond acceptors (Lipinski definition) is 7. The van der Waals surface area contributed by atoms with Crippen LogP contribution in [0.2, 0.25) is 5.02 Å². The minimum absolute atomic E-state index is 0.0665. The average Bonchev–Trinajstić information content (AvgIpc) is 3.53. The van der Waals surface area contributed by atoms with Gasteiger partial charge in [0.25, 0.3) is 11.8 Å². The molecule has 1 atom stereocenters. The Morgan fingerprint density at radius 3 is 2.51 bits per heavy atom. The zero-order valence-electron chi connectivity index (χ0n) is 23.1. The molecule has 2 N–H and O–H groups in total. The van der Waals surface area contributed by atoms with E-state index in [4.69, 9.17) is 11.6 Å². The predicted octanol–water partition coefficient (Wildman–Crippen LogP) is 3.49. The molecule has 0 saturated carbocycles. The predicted molar refractivity (Wildman–Crippen MR) is 158 cm³/mol. The van der Waals surface area contributed by atoms with E-state index in [0.717, 1.165) is 0 Å². The number of carbonyl (C=O) groups is 4. The molecule has 0 spiro atoms. The van der Waals surface area contributed by atoms with Crippen LogP contribution in [0.15, 0.2) is 73.1 Å². The molecule has 1 aliphatic rings. The second kappa shape index (κ2) is 12.2. The van der Waals surface area contributed by atoms with E-state index in [-0.39, 0.29) is 18.0 Å². The maximum absolute atomic E-state index is 13.8. The van der Waals surface area contributed by atoms with E-state index in [0.29, 0.717) is 45.1 Å². The topological polar surface area (TPSA) is 151 Å². The van der Waals surface area contributed by atoms with Crippen LogP contribution in [-0.2, 0) is 16.0 Å². The first-order valence-corrected chi connectivity index (χ1v) is 13.5. The number of carboxylic acids is 1. The Labute approximate surface area is 251 Å². The van der Waals surface area contributed by atoms with E-state index in [9.17, 15) is 24.3 Å². The van der Waals surface area contributed by atoms with Crippen molar-refractivity contribution in [1.29, 1.82) is 0 Å². The van der Waals surface area contributed by atoms with Gasteiger partial charge in [-0.3, -0.25) is 14.4 Å². The molecule has 1 aliphatic heterocycles. The average molecular weight is 600 g/mol. The quantitative estimate of drug-likeness (QED) is 0.306. The van der Waals surface area contributed by atoms with Crippen molar-refractivity contribution < 1.29 is 24.3 Å². The van der Waals surface area contributed by atoms with Crippen LogP contribution < -0.4 is 5.32 Å². The second-order valence-corrected chi connectivity index (χ2v) is 10.4. The van der Waals surface area contributed by atoms with Gasteiger partial charge in [-0.05, 0) is 82.6 Å². The molecule has 0 fully saturated rings. The fraction of sp³-hybridized carbons (Fsp3) is 0.167. The van der Waals surface area contributed by atoms with Crippen LogP contribution in [0.25, 0.3) is 11.8 Å². The summed E-state index contributed by atoms with van der Waals surface area (Å²) in [7, 11) is 3.30. The number of amides is 3. The summed E-state index contributed by atoms with van der Waals surface area (Å²) in [4.78, 5) is 54.7. The van der Waals surface area contributed by atoms with Crippen molar-refractivity contribution in [3.8, 4) is 5.69 Å². The van der Waals surface area contributed by atoms with Gasteiger partial charge in [0.05, 0.1) is 11.3 Å². The summed E-state index contributed by atoms with van der Waals surface area (Å²) in [5.74, 6) is -2.27. The first-order valence-electron chi connectivity index (χ1n) is 13.1. The number of aromatic nitrogens is 4. The number of hydrogen-bond donors (Lipinski definition) is 2. The summed E-state index contributed by atoms with van der Waals surface area (Å²) in [6.45, 7) is 0.166. The lowest BCUT2D eigenvalue weighted by Gasteiger charge is -2.36. The number of carbonyl (C=O) groups excluding carboxylic acids is 3. The highest BCUT2D eigenvalue weighted by atomic mass is 35.5. The molecule has 0 bridgehead atoms. The first-order chi connectivity index (χ1) is 20.6. The molecule has 0 aliphatic carbocycles. The lowest BCUT2D eigenvalue weighted by molar-refractivity contribution is -0.135. The van der Waals surface area contributed by atoms with E-state index < -0.39 is 23.8 Å². The Kier molecular flexibility index (Phi) is 8.30. The van der Waals surface area contributed by atoms with Crippen LogP contribution in [0.4, 0.5) is 5.69 Å². The van der Waals surface area contributed by atoms with Gasteiger partial charge in [-0.2, -0.15) is 4.68 Å². The van der Waals surface area contributed by atoms with Crippen molar-refractivity contribution in [1.82, 2.24) is 30.0 Å². The van der Waals surface area contributed by atoms with E-state index in [2.05, 4.69) is 20.8 Å². The SMILES string of the molecule is CN(C)C(=O)c1cccc2c1CCN(C(=O)/C=C/c1cc(Cl)ccc1-n1cnnn1)C2C(=O)Nc1ccc(C(=O)O)cc1. The molecule has 4 aromatic rings. The summed E-state index contributed by atoms with van der Waals surface area (Å²) < 4.78 is 1.44. The summed E-state index contributed by atoms with van der Waals surface area (Å²) in [5, 5.41) is 23.7. The third kappa shape index (κ3) is 6.14. The molecular formula is C30H26ClN7O5. The summed E-state index contributed by atoms with van der Waals surface area (Å²) >= 11 is 6.22. The fourth-order valence-corrected chi connectivity index (χ4v) is 5.11. The van der Waals surface area contributed by atoms with E-state index in [1.54, 1.807) is 56.6 Å². The fourth-order valence-electron chi connectivity index (χ4n) is 4.93. The Balaban J connectivity index is 1.51. The molecule has 1 aromatic heterocycles. The number of benzene rings is 3. The Morgan fingerprint density at radius 1 is 1.07 bits per heavy atom. The van der Waals surface area contributed by atoms with Gasteiger partial charge >= 0.3 is 5.97 Å². The number of nitrogens with one attached hydrogen (secondary N) is 1. The van der Waals surface area contributed by atoms with Crippen molar-refractivity contribution in [3.63, 3.8) is 0 Å². The van der Waals surface area contributed by atoms with Gasteiger partial charge in [0.2, 0.25) is 5.91 Å². The zero-order chi connectivity index (χ0) is 30.7. The highest BCUT2D eigenvalue weighted by Gasteiger charge is 2.37. The molecule has 1 unspecified atom stereocenters. The minimum Gasteiger partial charge on any atom is -0.478 e. The number of tetrazole rings is 1. The molecule has 12 nitrogen and oxygen atoms in total. The molecule has 13 heteroatoms. The molecule has 0 radical (unpaired) electrons. The molecule has 43 heavy (non-hydrogen) atoms. The Bertz CT molecular complexity index is 1740. The maximum Gasteiger partial charge on any atom is 0.335 e. The monoisotopic (exact) mass is 599 g/mol. The van der Waals surface area contributed by atoms with Crippen LogP contribution >= 0.6 is 11.6 Å². The molecule has 218 valence electrons. The summed E-state index contributed by atoms with van der Waals surface area (Å²) in [6, 6.07) is 14.8. The molecule has 5 rings (SSSR count). The van der Waals surface area contributed by atoms with Crippen LogP contribution in [0.1, 0.15) is 43.4 Å². The van der Waals surface area contributed by atoms with E-state index >= 15 is 0 Å². The van der Waals surface area contributed by atoms with E-state index in [1.807, 2.05) is 0 Å². The van der Waals surface area contributed by atoms with Crippen LogP contribution in [0.3, 0.4) is 0 Å². The highest BCUT2D eigenvalue weighted by Crippen LogP contribution is 2.34. The molecule has 3 aromatic carbocycles. The van der Waals surface area contributed by atoms with Gasteiger partial charge in [-0.25, -0.2) is 4.79 Å². The number of fused-ring (bicyclic) bond motifs is 1. The summed E-state index contributed by atoms with van der Waals surface area (Å²) in [6.07, 6.45) is 4.70. The first kappa shape index (κ1) is 29.1. The largest absolute Gasteiger partial charge is 0.478 e. The van der Waals surface area contributed by atoms with Crippen molar-refractivity contribution in [2.45, 2.75) is 12.5 Å². The van der Waals surface area contributed by atoms with Crippen molar-refractivity contribution in [3.05, 3.63) is 106 Å². The van der Waals surface area contributed by atoms with Crippen LogP contribution in [0, 0.1) is 0 Å². The number of carboxylic acid groups (broad SMARTS) is 1. The van der Waals surface area contributed by atoms with Crippen LogP contribution in [-0.4, -0.2) is 79.4 Å². The van der Waals surface area contributed by atoms with Gasteiger partial charge in [-0.15, -0.1) is 5.10 Å². The number of anilines is 1. The number of aromatic carboxylic acids is 1. The zero-order valence-corrected chi connectivity index (χ0v) is 23.9. The van der Waals surface area contributed by atoms with Crippen molar-refractivity contribution >= 4 is 47.1 Å². The lowest BCUT2D eigenvalue weighted by atomic mass is 9.87. The van der Waals surface area contributed by atoms with Gasteiger partial charge < -0.3 is 20.2 Å². The Hall–Kier alpha value is -5.36. The molecule has 0 saturated heterocycles. The second-order valence-electron chi connectivity index (χ2n) is 9.92. The third-order valence-electron chi connectivity index (χ3n) is 6.98. The van der Waals surface area contributed by atoms with E-state index in [1.165, 1.54) is 51.2 Å². The standard InChI is InChI=1S/C30H26ClN7O5/c1-36(2)29(41)24-5-3-4-23-22(24)14-15-37(27(23)28(40)33-21-10-6-18(7-11-21)30(42)43)26(39)13-8-19-16-20(31)9-12-25(19)38-17-32-34-35-38/h3-13,16-17,27H,14-15H2,1-2H3,(H,33,40)(H,42,43)/b13-8+. The number of halogens is 1. The minimum atomic E-state index is -1.09. The highest BCUT2D eigenvalue weighted by molar-refractivity contribution is 6.30. The normalized spacial score (nSPS) is 14.3. The molecule has 3 amide bonds. The van der Waals surface area contributed by atoms with Crippen molar-refractivity contribution in [2.24, 2.45) is 0 Å². The van der Waals surface area contributed by atoms with Gasteiger partial charge in [0.1, 0.15) is 12.4 Å². The summed E-state index contributed by atoms with van der Waals surface area (Å²) in [5.41, 5.74) is 3.26. The third-order valence-corrected chi connectivity index (χ3v) is 7.21. The number of nitrogens with zero attached hydrogens (tertiary/aromatic N) is 6. The van der Waals surface area contributed by atoms with Gasteiger partial charge in [-0.1, -0.05) is 23.7 Å². The van der Waals surface area contributed by atoms with Gasteiger partial charge in [0.15, 0.2) is 0 Å². The van der Waals surface area contributed by atoms with Gasteiger partial charge in [0, 0.05) is 48.6 Å². The van der Waals surface area contributed by atoms with Crippen LogP contribution in [0.5, 0.6) is 0 Å². The molecular weight excluding hydrogens is 574 g/mol. The lowest BCUT2D eigenvalue weighted by Crippen LogP contribution is -2.45. The molecule has 2 heterocycles. The number of rotatable bonds is 7. The maximum atomic E-state index is 13.8.